The van der Waals surface area contributed by atoms with Crippen molar-refractivity contribution in [1.82, 2.24) is 9.55 Å². The molecule has 0 amide bonds. The van der Waals surface area contributed by atoms with E-state index < -0.39 is 11.8 Å². The Hall–Kier alpha value is -2.37. The Morgan fingerprint density at radius 3 is 2.94 bits per heavy atom. The van der Waals surface area contributed by atoms with Gasteiger partial charge in [-0.2, -0.15) is 0 Å². The SMILES string of the molecule is Cn1ccnc1CNc1ccc(F)c(C(=O)O)c1. The lowest BCUT2D eigenvalue weighted by molar-refractivity contribution is 0.0692. The van der Waals surface area contributed by atoms with Crippen molar-refractivity contribution in [1.29, 1.82) is 0 Å². The third-order valence-corrected chi connectivity index (χ3v) is 2.57. The van der Waals surface area contributed by atoms with Gasteiger partial charge in [0.05, 0.1) is 12.1 Å². The molecular formula is C12H12FN3O2. The van der Waals surface area contributed by atoms with E-state index in [1.807, 2.05) is 17.8 Å². The molecule has 0 aliphatic rings. The van der Waals surface area contributed by atoms with Crippen molar-refractivity contribution in [3.63, 3.8) is 0 Å². The summed E-state index contributed by atoms with van der Waals surface area (Å²) in [7, 11) is 1.86. The van der Waals surface area contributed by atoms with Gasteiger partial charge in [0, 0.05) is 25.1 Å². The highest BCUT2D eigenvalue weighted by Gasteiger charge is 2.10. The van der Waals surface area contributed by atoms with Gasteiger partial charge in [-0.05, 0) is 18.2 Å². The number of carboxylic acids is 1. The number of rotatable bonds is 4. The molecule has 2 rings (SSSR count). The zero-order valence-corrected chi connectivity index (χ0v) is 9.72. The molecule has 0 bridgehead atoms. The van der Waals surface area contributed by atoms with Crippen LogP contribution < -0.4 is 5.32 Å². The zero-order chi connectivity index (χ0) is 13.1. The second-order valence-electron chi connectivity index (χ2n) is 3.81. The van der Waals surface area contributed by atoms with E-state index in [1.54, 1.807) is 6.20 Å². The van der Waals surface area contributed by atoms with Crippen LogP contribution in [-0.2, 0) is 13.6 Å². The normalized spacial score (nSPS) is 10.3. The molecule has 0 radical (unpaired) electrons. The van der Waals surface area contributed by atoms with Gasteiger partial charge in [0.25, 0.3) is 0 Å². The number of benzene rings is 1. The van der Waals surface area contributed by atoms with Gasteiger partial charge in [0.15, 0.2) is 0 Å². The Kier molecular flexibility index (Phi) is 3.27. The third kappa shape index (κ3) is 2.48. The minimum atomic E-state index is -1.28. The largest absolute Gasteiger partial charge is 0.478 e. The number of carbonyl (C=O) groups is 1. The van der Waals surface area contributed by atoms with Crippen LogP contribution in [0.1, 0.15) is 16.2 Å². The number of carboxylic acid groups (broad SMARTS) is 1. The van der Waals surface area contributed by atoms with Crippen molar-refractivity contribution in [2.75, 3.05) is 5.32 Å². The zero-order valence-electron chi connectivity index (χ0n) is 9.72. The minimum absolute atomic E-state index is 0.347. The van der Waals surface area contributed by atoms with Crippen LogP contribution in [0.25, 0.3) is 0 Å². The first-order chi connectivity index (χ1) is 8.58. The van der Waals surface area contributed by atoms with Crippen LogP contribution in [0.5, 0.6) is 0 Å². The predicted molar refractivity (Wildman–Crippen MR) is 63.9 cm³/mol. The van der Waals surface area contributed by atoms with Gasteiger partial charge in [-0.1, -0.05) is 0 Å². The minimum Gasteiger partial charge on any atom is -0.478 e. The average molecular weight is 249 g/mol. The summed E-state index contributed by atoms with van der Waals surface area (Å²) in [5.74, 6) is -1.23. The van der Waals surface area contributed by atoms with E-state index in [2.05, 4.69) is 10.3 Å². The second-order valence-corrected chi connectivity index (χ2v) is 3.81. The van der Waals surface area contributed by atoms with Gasteiger partial charge in [0.1, 0.15) is 11.6 Å². The fourth-order valence-corrected chi connectivity index (χ4v) is 1.55. The molecule has 2 aromatic rings. The predicted octanol–water partition coefficient (Wildman–Crippen LogP) is 1.87. The smallest absolute Gasteiger partial charge is 0.338 e. The molecule has 18 heavy (non-hydrogen) atoms. The molecule has 1 aromatic carbocycles. The highest BCUT2D eigenvalue weighted by Crippen LogP contribution is 2.15. The van der Waals surface area contributed by atoms with Gasteiger partial charge in [-0.3, -0.25) is 0 Å². The molecule has 94 valence electrons. The van der Waals surface area contributed by atoms with Crippen molar-refractivity contribution in [2.45, 2.75) is 6.54 Å². The number of nitrogens with zero attached hydrogens (tertiary/aromatic N) is 2. The molecule has 0 unspecified atom stereocenters. The molecule has 0 spiro atoms. The first-order valence-electron chi connectivity index (χ1n) is 5.31. The summed E-state index contributed by atoms with van der Waals surface area (Å²) in [5, 5.41) is 11.8. The summed E-state index contributed by atoms with van der Waals surface area (Å²) in [6.07, 6.45) is 3.48. The lowest BCUT2D eigenvalue weighted by Crippen LogP contribution is -2.07. The Bertz CT molecular complexity index is 580. The summed E-state index contributed by atoms with van der Waals surface area (Å²) in [6, 6.07) is 3.88. The molecule has 1 aromatic heterocycles. The number of nitrogens with one attached hydrogen (secondary N) is 1. The van der Waals surface area contributed by atoms with Crippen LogP contribution in [0.15, 0.2) is 30.6 Å². The van der Waals surface area contributed by atoms with Crippen molar-refractivity contribution in [3.8, 4) is 0 Å². The monoisotopic (exact) mass is 249 g/mol. The molecule has 2 N–H and O–H groups in total. The van der Waals surface area contributed by atoms with Gasteiger partial charge in [0.2, 0.25) is 0 Å². The number of anilines is 1. The van der Waals surface area contributed by atoms with E-state index in [9.17, 15) is 9.18 Å². The van der Waals surface area contributed by atoms with E-state index in [1.165, 1.54) is 12.1 Å². The number of aromatic nitrogens is 2. The summed E-state index contributed by atoms with van der Waals surface area (Å²) >= 11 is 0. The Morgan fingerprint density at radius 2 is 2.33 bits per heavy atom. The Labute approximate surface area is 103 Å². The van der Waals surface area contributed by atoms with Crippen LogP contribution in [0.3, 0.4) is 0 Å². The highest BCUT2D eigenvalue weighted by atomic mass is 19.1. The second kappa shape index (κ2) is 4.87. The van der Waals surface area contributed by atoms with Crippen LogP contribution >= 0.6 is 0 Å². The summed E-state index contributed by atoms with van der Waals surface area (Å²) < 4.78 is 15.0. The fraction of sp³-hybridized carbons (Fsp3) is 0.167. The maximum Gasteiger partial charge on any atom is 0.338 e. The molecule has 1 heterocycles. The Balaban J connectivity index is 2.13. The number of hydrogen-bond acceptors (Lipinski definition) is 3. The molecule has 0 fully saturated rings. The molecule has 5 nitrogen and oxygen atoms in total. The standard InChI is InChI=1S/C12H12FN3O2/c1-16-5-4-14-11(16)7-15-8-2-3-10(13)9(6-8)12(17)18/h2-6,15H,7H2,1H3,(H,17,18). The van der Waals surface area contributed by atoms with Crippen LogP contribution in [0, 0.1) is 5.82 Å². The van der Waals surface area contributed by atoms with E-state index in [0.717, 1.165) is 11.9 Å². The summed E-state index contributed by atoms with van der Waals surface area (Å²) in [6.45, 7) is 0.439. The molecule has 6 heteroatoms. The fourth-order valence-electron chi connectivity index (χ4n) is 1.55. The molecular weight excluding hydrogens is 237 g/mol. The molecule has 0 saturated heterocycles. The third-order valence-electron chi connectivity index (χ3n) is 2.57. The van der Waals surface area contributed by atoms with E-state index in [4.69, 9.17) is 5.11 Å². The quantitative estimate of drug-likeness (QED) is 0.868. The number of aromatic carboxylic acids is 1. The van der Waals surface area contributed by atoms with Crippen LogP contribution in [0.2, 0.25) is 0 Å². The van der Waals surface area contributed by atoms with Gasteiger partial charge >= 0.3 is 5.97 Å². The molecule has 0 aliphatic heterocycles. The molecule has 0 atom stereocenters. The van der Waals surface area contributed by atoms with Crippen molar-refractivity contribution < 1.29 is 14.3 Å². The summed E-state index contributed by atoms with van der Waals surface area (Å²) in [4.78, 5) is 14.9. The number of imidazole rings is 1. The summed E-state index contributed by atoms with van der Waals surface area (Å²) in [5.41, 5.74) is 0.191. The van der Waals surface area contributed by atoms with Crippen molar-refractivity contribution >= 4 is 11.7 Å². The Morgan fingerprint density at radius 1 is 1.56 bits per heavy atom. The van der Waals surface area contributed by atoms with E-state index >= 15 is 0 Å². The first-order valence-corrected chi connectivity index (χ1v) is 5.31. The maximum atomic E-state index is 13.2. The number of aryl methyl sites for hydroxylation is 1. The first kappa shape index (κ1) is 12.1. The van der Waals surface area contributed by atoms with Gasteiger partial charge in [-0.25, -0.2) is 14.2 Å². The molecule has 0 aliphatic carbocycles. The van der Waals surface area contributed by atoms with Crippen molar-refractivity contribution in [3.05, 3.63) is 47.8 Å². The highest BCUT2D eigenvalue weighted by molar-refractivity contribution is 5.89. The lowest BCUT2D eigenvalue weighted by Gasteiger charge is -2.07. The number of hydrogen-bond donors (Lipinski definition) is 2. The van der Waals surface area contributed by atoms with E-state index in [0.29, 0.717) is 12.2 Å². The topological polar surface area (TPSA) is 67.2 Å². The maximum absolute atomic E-state index is 13.2. The van der Waals surface area contributed by atoms with Crippen LogP contribution in [0.4, 0.5) is 10.1 Å². The molecule has 0 saturated carbocycles. The van der Waals surface area contributed by atoms with Crippen LogP contribution in [-0.4, -0.2) is 20.6 Å². The van der Waals surface area contributed by atoms with E-state index in [-0.39, 0.29) is 5.56 Å². The average Bonchev–Trinajstić information content (AvgIpc) is 2.73. The van der Waals surface area contributed by atoms with Crippen molar-refractivity contribution in [2.24, 2.45) is 7.05 Å². The van der Waals surface area contributed by atoms with Gasteiger partial charge < -0.3 is 15.0 Å². The lowest BCUT2D eigenvalue weighted by atomic mass is 10.2. The van der Waals surface area contributed by atoms with Gasteiger partial charge in [-0.15, -0.1) is 0 Å². The number of halogens is 1.